The van der Waals surface area contributed by atoms with E-state index in [2.05, 4.69) is 242 Å². The van der Waals surface area contributed by atoms with E-state index in [0.717, 1.165) is 44.7 Å². The van der Waals surface area contributed by atoms with Crippen LogP contribution in [0.5, 0.6) is 0 Å². The highest BCUT2D eigenvalue weighted by Crippen LogP contribution is 2.52. The van der Waals surface area contributed by atoms with Gasteiger partial charge in [-0.2, -0.15) is 0 Å². The second-order valence-corrected chi connectivity index (χ2v) is 21.0. The zero-order valence-corrected chi connectivity index (χ0v) is 38.5. The Labute approximate surface area is 379 Å². The van der Waals surface area contributed by atoms with Gasteiger partial charge in [-0.25, -0.2) is 0 Å². The van der Waals surface area contributed by atoms with Crippen LogP contribution in [0.1, 0.15) is 79.0 Å². The molecule has 0 fully saturated rings. The molecule has 11 rings (SSSR count). The number of hydrogen-bond donors (Lipinski definition) is 0. The number of para-hydroxylation sites is 1. The van der Waals surface area contributed by atoms with Gasteiger partial charge in [-0.1, -0.05) is 184 Å². The summed E-state index contributed by atoms with van der Waals surface area (Å²) in [6.07, 6.45) is 0. The summed E-state index contributed by atoms with van der Waals surface area (Å²) in [6, 6.07) is 63.7. The molecule has 0 spiro atoms. The molecule has 64 heavy (non-hydrogen) atoms. The highest BCUT2D eigenvalue weighted by atomic mass is 16.3. The normalized spacial score (nSPS) is 13.6. The van der Waals surface area contributed by atoms with Crippen molar-refractivity contribution in [1.82, 2.24) is 0 Å². The van der Waals surface area contributed by atoms with Crippen molar-refractivity contribution >= 4 is 68.1 Å². The number of furan rings is 1. The Morgan fingerprint density at radius 2 is 1.03 bits per heavy atom. The second-order valence-electron chi connectivity index (χ2n) is 21.0. The highest BCUT2D eigenvalue weighted by Gasteiger charge is 2.47. The van der Waals surface area contributed by atoms with Crippen molar-refractivity contribution in [3.05, 3.63) is 187 Å². The highest BCUT2D eigenvalue weighted by molar-refractivity contribution is 6.94. The summed E-state index contributed by atoms with van der Waals surface area (Å²) in [5, 5.41) is 2.23. The summed E-state index contributed by atoms with van der Waals surface area (Å²) in [5.41, 5.74) is 21.1. The number of nitrogens with zero attached hydrogens (tertiary/aromatic N) is 2. The van der Waals surface area contributed by atoms with E-state index in [9.17, 15) is 0 Å². The molecule has 314 valence electrons. The van der Waals surface area contributed by atoms with Crippen LogP contribution in [-0.2, 0) is 16.2 Å². The van der Waals surface area contributed by atoms with Gasteiger partial charge in [-0.15, -0.1) is 0 Å². The molecule has 0 saturated heterocycles. The number of anilines is 5. The molecule has 0 aliphatic carbocycles. The third-order valence-corrected chi connectivity index (χ3v) is 13.7. The molecule has 2 aliphatic rings. The van der Waals surface area contributed by atoms with Crippen LogP contribution in [0, 0.1) is 0 Å². The SMILES string of the molecule is CC(C)(C)c1ccc(N2B3c4ccc5c(oc6ccccc65)c4N(c4ccc(C(C)(C)C)cc4-c4ccccc4)c4cc(-c5ccccc5)cc(c43)-c3ccc(C(C)(C)C)cc32)cc1. The Hall–Kier alpha value is -6.78. The van der Waals surface area contributed by atoms with Crippen molar-refractivity contribution in [2.45, 2.75) is 78.6 Å². The number of fused-ring (bicyclic) bond motifs is 8. The lowest BCUT2D eigenvalue weighted by atomic mass is 9.43. The molecule has 8 aromatic carbocycles. The summed E-state index contributed by atoms with van der Waals surface area (Å²) < 4.78 is 7.16. The Morgan fingerprint density at radius 3 is 1.72 bits per heavy atom. The molecule has 1 aromatic heterocycles. The number of rotatable bonds is 4. The third-order valence-electron chi connectivity index (χ3n) is 13.7. The number of benzene rings is 8. The van der Waals surface area contributed by atoms with Gasteiger partial charge in [0.2, 0.25) is 0 Å². The molecule has 9 aromatic rings. The van der Waals surface area contributed by atoms with Gasteiger partial charge in [0.15, 0.2) is 5.58 Å². The summed E-state index contributed by atoms with van der Waals surface area (Å²) in [7, 11) is 0. The van der Waals surface area contributed by atoms with Crippen molar-refractivity contribution in [3.8, 4) is 33.4 Å². The molecule has 0 radical (unpaired) electrons. The molecule has 3 heterocycles. The molecule has 2 aliphatic heterocycles. The lowest BCUT2D eigenvalue weighted by molar-refractivity contribution is 0.590. The lowest BCUT2D eigenvalue weighted by Crippen LogP contribution is -2.61. The quantitative estimate of drug-likeness (QED) is 0.165. The molecule has 0 bridgehead atoms. The van der Waals surface area contributed by atoms with E-state index in [1.54, 1.807) is 0 Å². The molecule has 4 heteroatoms. The Bertz CT molecular complexity index is 3270. The van der Waals surface area contributed by atoms with Gasteiger partial charge in [0, 0.05) is 39.0 Å². The zero-order valence-electron chi connectivity index (χ0n) is 38.5. The third kappa shape index (κ3) is 6.40. The first-order chi connectivity index (χ1) is 30.6. The van der Waals surface area contributed by atoms with Gasteiger partial charge >= 0.3 is 6.85 Å². The second kappa shape index (κ2) is 14.4. The molecule has 0 amide bonds. The van der Waals surface area contributed by atoms with Crippen LogP contribution in [0.4, 0.5) is 28.4 Å². The van der Waals surface area contributed by atoms with Crippen molar-refractivity contribution < 1.29 is 4.42 Å². The first kappa shape index (κ1) is 40.0. The maximum Gasteiger partial charge on any atom is 0.333 e. The van der Waals surface area contributed by atoms with Crippen molar-refractivity contribution in [1.29, 1.82) is 0 Å². The average molecular weight is 831 g/mol. The van der Waals surface area contributed by atoms with Crippen LogP contribution in [0.25, 0.3) is 55.3 Å². The van der Waals surface area contributed by atoms with E-state index < -0.39 is 0 Å². The predicted molar refractivity (Wildman–Crippen MR) is 274 cm³/mol. The molecular formula is C60H55BN2O. The van der Waals surface area contributed by atoms with Crippen LogP contribution in [-0.4, -0.2) is 6.85 Å². The standard InChI is InChI=1S/C60H55BN2O/c1-58(2,3)41-24-28-44(29-25-41)63-52-37-43(60(7,8)9)26-30-45(52)49-34-40(38-18-12-10-13-19-38)35-53-55(49)61(63)50-32-31-47-46-22-16-17-23-54(46)64-57(47)56(50)62(53)51-33-27-42(59(4,5)6)36-48(51)39-20-14-11-15-21-39/h10-37H,1-9H3. The van der Waals surface area contributed by atoms with Gasteiger partial charge < -0.3 is 14.1 Å². The van der Waals surface area contributed by atoms with Crippen molar-refractivity contribution in [3.63, 3.8) is 0 Å². The van der Waals surface area contributed by atoms with E-state index >= 15 is 0 Å². The summed E-state index contributed by atoms with van der Waals surface area (Å²) in [4.78, 5) is 5.20. The fourth-order valence-electron chi connectivity index (χ4n) is 10.2. The molecule has 0 N–H and O–H groups in total. The van der Waals surface area contributed by atoms with E-state index in [4.69, 9.17) is 4.42 Å². The fraction of sp³-hybridized carbons (Fsp3) is 0.200. The van der Waals surface area contributed by atoms with E-state index in [1.165, 1.54) is 66.7 Å². The van der Waals surface area contributed by atoms with Gasteiger partial charge in [-0.05, 0) is 115 Å². The average Bonchev–Trinajstić information content (AvgIpc) is 3.67. The minimum absolute atomic E-state index is 0.0230. The lowest BCUT2D eigenvalue weighted by Gasteiger charge is -2.46. The van der Waals surface area contributed by atoms with Crippen molar-refractivity contribution in [2.24, 2.45) is 0 Å². The Morgan fingerprint density at radius 1 is 0.422 bits per heavy atom. The molecule has 0 unspecified atom stereocenters. The predicted octanol–water partition coefficient (Wildman–Crippen LogP) is 15.5. The minimum Gasteiger partial charge on any atom is -0.454 e. The van der Waals surface area contributed by atoms with Crippen LogP contribution in [0.2, 0.25) is 0 Å². The van der Waals surface area contributed by atoms with Crippen LogP contribution < -0.4 is 20.6 Å². The van der Waals surface area contributed by atoms with Crippen LogP contribution in [0.15, 0.2) is 174 Å². The molecule has 3 nitrogen and oxygen atoms in total. The summed E-state index contributed by atoms with van der Waals surface area (Å²) >= 11 is 0. The molecular weight excluding hydrogens is 775 g/mol. The smallest absolute Gasteiger partial charge is 0.333 e. The van der Waals surface area contributed by atoms with Gasteiger partial charge in [0.1, 0.15) is 5.58 Å². The number of hydrogen-bond acceptors (Lipinski definition) is 3. The first-order valence-electron chi connectivity index (χ1n) is 22.9. The topological polar surface area (TPSA) is 19.6 Å². The van der Waals surface area contributed by atoms with Gasteiger partial charge in [0.05, 0.1) is 11.4 Å². The van der Waals surface area contributed by atoms with Gasteiger partial charge in [0.25, 0.3) is 0 Å². The minimum atomic E-state index is -0.170. The van der Waals surface area contributed by atoms with Gasteiger partial charge in [-0.3, -0.25) is 0 Å². The van der Waals surface area contributed by atoms with E-state index in [1.807, 2.05) is 0 Å². The zero-order chi connectivity index (χ0) is 44.3. The van der Waals surface area contributed by atoms with Crippen LogP contribution >= 0.6 is 0 Å². The van der Waals surface area contributed by atoms with Crippen LogP contribution in [0.3, 0.4) is 0 Å². The van der Waals surface area contributed by atoms with E-state index in [0.29, 0.717) is 0 Å². The molecule has 0 saturated carbocycles. The van der Waals surface area contributed by atoms with E-state index in [-0.39, 0.29) is 23.1 Å². The molecule has 0 atom stereocenters. The first-order valence-corrected chi connectivity index (χ1v) is 22.9. The summed E-state index contributed by atoms with van der Waals surface area (Å²) in [5.74, 6) is 0. The largest absolute Gasteiger partial charge is 0.454 e. The maximum atomic E-state index is 7.16. The van der Waals surface area contributed by atoms with Crippen molar-refractivity contribution in [2.75, 3.05) is 9.71 Å². The summed E-state index contributed by atoms with van der Waals surface area (Å²) in [6.45, 7) is 20.6. The monoisotopic (exact) mass is 830 g/mol. The Balaban J connectivity index is 1.32. The Kier molecular flexibility index (Phi) is 8.99. The fourth-order valence-corrected chi connectivity index (χ4v) is 10.2. The maximum absolute atomic E-state index is 7.16.